The van der Waals surface area contributed by atoms with Crippen LogP contribution in [0, 0.1) is 5.41 Å². The molecule has 7 N–H and O–H groups in total. The zero-order valence-electron chi connectivity index (χ0n) is 7.42. The molecule has 6 heteroatoms. The zero-order valence-corrected chi connectivity index (χ0v) is 7.42. The molecule has 0 radical (unpaired) electrons. The number of piperidine rings is 1. The van der Waals surface area contributed by atoms with Crippen LogP contribution in [-0.2, 0) is 0 Å². The van der Waals surface area contributed by atoms with Crippen molar-refractivity contribution in [3.05, 3.63) is 0 Å². The van der Waals surface area contributed by atoms with Crippen molar-refractivity contribution in [2.45, 2.75) is 18.4 Å². The van der Waals surface area contributed by atoms with E-state index in [0.29, 0.717) is 25.9 Å². The van der Waals surface area contributed by atoms with Gasteiger partial charge in [0.15, 0.2) is 0 Å². The molecular weight excluding hydrogens is 170 g/mol. The van der Waals surface area contributed by atoms with Crippen LogP contribution in [-0.4, -0.2) is 35.4 Å². The maximum Gasteiger partial charge on any atom is 0.314 e. The standard InChI is InChI=1S/C7H15N5O/c8-5(9)7(11)1-3-12(4-2-7)6(10)13/h1-4,11H2,(H3,8,9)(H2,10,13). The SMILES string of the molecule is N=C(N)C1(N)CCN(C(N)=O)CC1. The van der Waals surface area contributed by atoms with Crippen molar-refractivity contribution >= 4 is 11.9 Å². The van der Waals surface area contributed by atoms with Gasteiger partial charge in [-0.1, -0.05) is 0 Å². The first-order valence-corrected chi connectivity index (χ1v) is 4.13. The maximum atomic E-state index is 10.8. The Kier molecular flexibility index (Phi) is 2.42. The van der Waals surface area contributed by atoms with Crippen LogP contribution in [0.2, 0.25) is 0 Å². The molecule has 0 aromatic carbocycles. The monoisotopic (exact) mass is 185 g/mol. The van der Waals surface area contributed by atoms with Crippen molar-refractivity contribution in [3.8, 4) is 0 Å². The molecule has 0 atom stereocenters. The molecule has 2 amide bonds. The minimum atomic E-state index is -0.744. The summed E-state index contributed by atoms with van der Waals surface area (Å²) in [7, 11) is 0. The molecule has 6 nitrogen and oxygen atoms in total. The smallest absolute Gasteiger partial charge is 0.314 e. The van der Waals surface area contributed by atoms with Gasteiger partial charge in [0.25, 0.3) is 0 Å². The van der Waals surface area contributed by atoms with Crippen LogP contribution in [0.25, 0.3) is 0 Å². The fraction of sp³-hybridized carbons (Fsp3) is 0.714. The number of hydrogen-bond acceptors (Lipinski definition) is 3. The van der Waals surface area contributed by atoms with Gasteiger partial charge in [-0.3, -0.25) is 5.41 Å². The van der Waals surface area contributed by atoms with Gasteiger partial charge in [-0.15, -0.1) is 0 Å². The first-order valence-electron chi connectivity index (χ1n) is 4.13. The van der Waals surface area contributed by atoms with Crippen LogP contribution in [0.1, 0.15) is 12.8 Å². The van der Waals surface area contributed by atoms with Gasteiger partial charge in [-0.05, 0) is 12.8 Å². The van der Waals surface area contributed by atoms with Crippen molar-refractivity contribution in [1.29, 1.82) is 5.41 Å². The fourth-order valence-electron chi connectivity index (χ4n) is 1.40. The normalized spacial score (nSPS) is 21.2. The van der Waals surface area contributed by atoms with Crippen LogP contribution in [0.3, 0.4) is 0 Å². The minimum Gasteiger partial charge on any atom is -0.386 e. The molecule has 0 spiro atoms. The highest BCUT2D eigenvalue weighted by Gasteiger charge is 2.34. The fourth-order valence-corrected chi connectivity index (χ4v) is 1.40. The zero-order chi connectivity index (χ0) is 10.1. The van der Waals surface area contributed by atoms with Gasteiger partial charge in [-0.2, -0.15) is 0 Å². The number of carbonyl (C=O) groups excluding carboxylic acids is 1. The molecule has 0 saturated carbocycles. The molecule has 0 aromatic rings. The van der Waals surface area contributed by atoms with Crippen LogP contribution in [0.5, 0.6) is 0 Å². The first kappa shape index (κ1) is 9.79. The van der Waals surface area contributed by atoms with Crippen molar-refractivity contribution in [2.75, 3.05) is 13.1 Å². The summed E-state index contributed by atoms with van der Waals surface area (Å²) in [5.41, 5.74) is 15.5. The van der Waals surface area contributed by atoms with Gasteiger partial charge in [0.2, 0.25) is 0 Å². The summed E-state index contributed by atoms with van der Waals surface area (Å²) in [6.07, 6.45) is 1.01. The number of nitrogens with zero attached hydrogens (tertiary/aromatic N) is 1. The number of amides is 2. The Labute approximate surface area is 76.5 Å². The molecule has 1 aliphatic rings. The molecule has 1 heterocycles. The van der Waals surface area contributed by atoms with E-state index in [4.69, 9.17) is 22.6 Å². The van der Waals surface area contributed by atoms with Crippen LogP contribution in [0.15, 0.2) is 0 Å². The van der Waals surface area contributed by atoms with Crippen molar-refractivity contribution < 1.29 is 4.79 Å². The molecule has 13 heavy (non-hydrogen) atoms. The summed E-state index contributed by atoms with van der Waals surface area (Å²) in [5, 5.41) is 7.28. The Balaban J connectivity index is 2.56. The summed E-state index contributed by atoms with van der Waals surface area (Å²) in [6, 6.07) is -0.439. The third-order valence-electron chi connectivity index (χ3n) is 2.50. The number of rotatable bonds is 1. The lowest BCUT2D eigenvalue weighted by Gasteiger charge is -2.37. The Bertz CT molecular complexity index is 231. The molecule has 74 valence electrons. The molecular formula is C7H15N5O. The number of primary amides is 1. The van der Waals surface area contributed by atoms with Gasteiger partial charge >= 0.3 is 6.03 Å². The lowest BCUT2D eigenvalue weighted by molar-refractivity contribution is 0.183. The summed E-state index contributed by atoms with van der Waals surface area (Å²) >= 11 is 0. The summed E-state index contributed by atoms with van der Waals surface area (Å²) < 4.78 is 0. The summed E-state index contributed by atoms with van der Waals surface area (Å²) in [5.74, 6) is -0.0170. The number of carbonyl (C=O) groups is 1. The highest BCUT2D eigenvalue weighted by atomic mass is 16.2. The quantitative estimate of drug-likeness (QED) is 0.303. The largest absolute Gasteiger partial charge is 0.386 e. The predicted octanol–water partition coefficient (Wildman–Crippen LogP) is -1.21. The van der Waals surface area contributed by atoms with E-state index in [9.17, 15) is 4.79 Å². The second-order valence-electron chi connectivity index (χ2n) is 3.40. The van der Waals surface area contributed by atoms with Crippen LogP contribution in [0.4, 0.5) is 4.79 Å². The second kappa shape index (κ2) is 3.21. The van der Waals surface area contributed by atoms with E-state index in [2.05, 4.69) is 0 Å². The topological polar surface area (TPSA) is 122 Å². The Morgan fingerprint density at radius 3 is 2.08 bits per heavy atom. The lowest BCUT2D eigenvalue weighted by Crippen LogP contribution is -2.59. The molecule has 0 bridgehead atoms. The van der Waals surface area contributed by atoms with Crippen molar-refractivity contribution in [2.24, 2.45) is 17.2 Å². The van der Waals surface area contributed by atoms with E-state index in [0.717, 1.165) is 0 Å². The number of hydrogen-bond donors (Lipinski definition) is 4. The number of nitrogens with one attached hydrogen (secondary N) is 1. The van der Waals surface area contributed by atoms with Crippen LogP contribution < -0.4 is 17.2 Å². The summed E-state index contributed by atoms with van der Waals surface area (Å²) in [4.78, 5) is 12.3. The van der Waals surface area contributed by atoms with E-state index in [1.807, 2.05) is 0 Å². The van der Waals surface area contributed by atoms with Gasteiger partial charge in [-0.25, -0.2) is 4.79 Å². The number of nitrogens with two attached hydrogens (primary N) is 3. The van der Waals surface area contributed by atoms with Gasteiger partial charge in [0.1, 0.15) is 5.84 Å². The average Bonchev–Trinajstić information content (AvgIpc) is 2.04. The predicted molar refractivity (Wildman–Crippen MR) is 49.2 cm³/mol. The van der Waals surface area contributed by atoms with Gasteiger partial charge in [0.05, 0.1) is 5.54 Å². The third kappa shape index (κ3) is 1.89. The number of amidine groups is 1. The van der Waals surface area contributed by atoms with Crippen molar-refractivity contribution in [3.63, 3.8) is 0 Å². The summed E-state index contributed by atoms with van der Waals surface area (Å²) in [6.45, 7) is 0.955. The Morgan fingerprint density at radius 2 is 1.77 bits per heavy atom. The lowest BCUT2D eigenvalue weighted by atomic mass is 9.88. The Hall–Kier alpha value is -1.30. The molecule has 1 rings (SSSR count). The Morgan fingerprint density at radius 1 is 1.31 bits per heavy atom. The van der Waals surface area contributed by atoms with Gasteiger partial charge in [0, 0.05) is 13.1 Å². The average molecular weight is 185 g/mol. The molecule has 0 aliphatic carbocycles. The van der Waals surface area contributed by atoms with E-state index in [-0.39, 0.29) is 5.84 Å². The first-order chi connectivity index (χ1) is 5.96. The maximum absolute atomic E-state index is 10.8. The van der Waals surface area contributed by atoms with Crippen molar-refractivity contribution in [1.82, 2.24) is 4.90 Å². The van der Waals surface area contributed by atoms with Gasteiger partial charge < -0.3 is 22.1 Å². The highest BCUT2D eigenvalue weighted by molar-refractivity contribution is 5.87. The molecule has 1 aliphatic heterocycles. The van der Waals surface area contributed by atoms with E-state index >= 15 is 0 Å². The van der Waals surface area contributed by atoms with E-state index in [1.54, 1.807) is 0 Å². The number of urea groups is 1. The second-order valence-corrected chi connectivity index (χ2v) is 3.40. The number of likely N-dealkylation sites (tertiary alicyclic amines) is 1. The van der Waals surface area contributed by atoms with E-state index in [1.165, 1.54) is 4.90 Å². The minimum absolute atomic E-state index is 0.0170. The van der Waals surface area contributed by atoms with Crippen LogP contribution >= 0.6 is 0 Å². The molecule has 0 aromatic heterocycles. The highest BCUT2D eigenvalue weighted by Crippen LogP contribution is 2.18. The molecule has 1 fully saturated rings. The molecule has 1 saturated heterocycles. The third-order valence-corrected chi connectivity index (χ3v) is 2.50. The molecule has 0 unspecified atom stereocenters. The van der Waals surface area contributed by atoms with E-state index < -0.39 is 11.6 Å².